The van der Waals surface area contributed by atoms with Crippen LogP contribution < -0.4 is 10.6 Å². The number of halogens is 3. The number of piperidine rings is 1. The molecule has 0 bridgehead atoms. The van der Waals surface area contributed by atoms with Crippen LogP contribution in [-0.4, -0.2) is 35.8 Å². The van der Waals surface area contributed by atoms with Gasteiger partial charge >= 0.3 is 6.18 Å². The Kier molecular flexibility index (Phi) is 4.41. The molecule has 2 rings (SSSR count). The Morgan fingerprint density at radius 3 is 2.62 bits per heavy atom. The largest absolute Gasteiger partial charge is 0.507 e. The Bertz CT molecular complexity index is 523. The highest BCUT2D eigenvalue weighted by molar-refractivity contribution is 5.97. The van der Waals surface area contributed by atoms with E-state index in [-0.39, 0.29) is 36.7 Å². The van der Waals surface area contributed by atoms with Crippen molar-refractivity contribution in [2.45, 2.75) is 38.0 Å². The summed E-state index contributed by atoms with van der Waals surface area (Å²) < 4.78 is 37.5. The number of aromatic hydroxyl groups is 1. The summed E-state index contributed by atoms with van der Waals surface area (Å²) in [6.45, 7) is 1.84. The molecule has 0 aliphatic carbocycles. The summed E-state index contributed by atoms with van der Waals surface area (Å²) in [5.41, 5.74) is 0.940. The summed E-state index contributed by atoms with van der Waals surface area (Å²) in [6.07, 6.45) is -4.09. The van der Waals surface area contributed by atoms with Gasteiger partial charge in [0.05, 0.1) is 5.56 Å². The Morgan fingerprint density at radius 2 is 2.10 bits per heavy atom. The van der Waals surface area contributed by atoms with Crippen LogP contribution in [0.15, 0.2) is 18.2 Å². The normalized spacial score (nSPS) is 22.9. The van der Waals surface area contributed by atoms with E-state index in [0.717, 1.165) is 5.56 Å². The lowest BCUT2D eigenvalue weighted by Crippen LogP contribution is -2.54. The Hall–Kier alpha value is -1.76. The molecule has 0 radical (unpaired) electrons. The third-order valence-electron chi connectivity index (χ3n) is 3.54. The van der Waals surface area contributed by atoms with Gasteiger partial charge in [0.1, 0.15) is 11.8 Å². The van der Waals surface area contributed by atoms with Gasteiger partial charge in [0.25, 0.3) is 5.91 Å². The van der Waals surface area contributed by atoms with Crippen LogP contribution in [0, 0.1) is 6.92 Å². The van der Waals surface area contributed by atoms with E-state index in [4.69, 9.17) is 0 Å². The predicted molar refractivity (Wildman–Crippen MR) is 71.2 cm³/mol. The monoisotopic (exact) mass is 302 g/mol. The van der Waals surface area contributed by atoms with Crippen LogP contribution in [0.4, 0.5) is 13.2 Å². The topological polar surface area (TPSA) is 61.4 Å². The highest BCUT2D eigenvalue weighted by Crippen LogP contribution is 2.26. The first-order chi connectivity index (χ1) is 9.77. The second-order valence-corrected chi connectivity index (χ2v) is 5.27. The summed E-state index contributed by atoms with van der Waals surface area (Å²) in [5, 5.41) is 14.7. The molecule has 21 heavy (non-hydrogen) atoms. The quantitative estimate of drug-likeness (QED) is 0.784. The fraction of sp³-hybridized carbons (Fsp3) is 0.500. The average molecular weight is 302 g/mol. The molecule has 7 heteroatoms. The van der Waals surface area contributed by atoms with Gasteiger partial charge < -0.3 is 15.7 Å². The maximum Gasteiger partial charge on any atom is 0.403 e. The number of carbonyl (C=O) groups excluding carboxylic acids is 1. The summed E-state index contributed by atoms with van der Waals surface area (Å²) in [7, 11) is 0. The zero-order valence-corrected chi connectivity index (χ0v) is 11.5. The molecule has 1 saturated heterocycles. The number of amides is 1. The number of phenols is 1. The minimum Gasteiger partial charge on any atom is -0.507 e. The van der Waals surface area contributed by atoms with Crippen molar-refractivity contribution in [2.24, 2.45) is 0 Å². The Labute approximate surface area is 120 Å². The van der Waals surface area contributed by atoms with Crippen LogP contribution in [-0.2, 0) is 0 Å². The molecule has 1 aliphatic rings. The van der Waals surface area contributed by atoms with E-state index in [0.29, 0.717) is 0 Å². The maximum atomic E-state index is 12.5. The van der Waals surface area contributed by atoms with E-state index in [1.807, 2.05) is 0 Å². The van der Waals surface area contributed by atoms with Crippen LogP contribution in [0.5, 0.6) is 5.75 Å². The molecule has 4 nitrogen and oxygen atoms in total. The van der Waals surface area contributed by atoms with E-state index < -0.39 is 18.1 Å². The fourth-order valence-corrected chi connectivity index (χ4v) is 2.36. The molecule has 1 aromatic rings. The van der Waals surface area contributed by atoms with Gasteiger partial charge in [-0.15, -0.1) is 0 Å². The molecule has 1 aliphatic heterocycles. The molecular weight excluding hydrogens is 285 g/mol. The Morgan fingerprint density at radius 1 is 1.38 bits per heavy atom. The van der Waals surface area contributed by atoms with Crippen molar-refractivity contribution >= 4 is 5.91 Å². The van der Waals surface area contributed by atoms with E-state index >= 15 is 0 Å². The lowest BCUT2D eigenvalue weighted by molar-refractivity contribution is -0.160. The van der Waals surface area contributed by atoms with Gasteiger partial charge in [-0.3, -0.25) is 4.79 Å². The first kappa shape index (κ1) is 15.6. The molecule has 2 unspecified atom stereocenters. The molecule has 1 amide bonds. The highest BCUT2D eigenvalue weighted by Gasteiger charge is 2.41. The highest BCUT2D eigenvalue weighted by atomic mass is 19.4. The molecule has 0 saturated carbocycles. The van der Waals surface area contributed by atoms with Gasteiger partial charge in [0.2, 0.25) is 0 Å². The van der Waals surface area contributed by atoms with Crippen molar-refractivity contribution in [1.82, 2.24) is 10.6 Å². The Balaban J connectivity index is 1.93. The zero-order chi connectivity index (χ0) is 15.6. The van der Waals surface area contributed by atoms with Crippen molar-refractivity contribution in [1.29, 1.82) is 0 Å². The molecule has 2 atom stereocenters. The maximum absolute atomic E-state index is 12.5. The molecule has 1 fully saturated rings. The van der Waals surface area contributed by atoms with Crippen molar-refractivity contribution in [3.05, 3.63) is 29.3 Å². The number of aryl methyl sites for hydroxylation is 1. The molecule has 1 aromatic carbocycles. The van der Waals surface area contributed by atoms with Crippen molar-refractivity contribution in [2.75, 3.05) is 6.54 Å². The fourth-order valence-electron chi connectivity index (χ4n) is 2.36. The number of phenolic OH excluding ortho intramolecular Hbond substituents is 1. The molecule has 0 aromatic heterocycles. The number of hydrogen-bond donors (Lipinski definition) is 3. The molecule has 0 spiro atoms. The minimum atomic E-state index is -4.26. The summed E-state index contributed by atoms with van der Waals surface area (Å²) in [5.74, 6) is -0.616. The van der Waals surface area contributed by atoms with E-state index in [2.05, 4.69) is 10.6 Å². The molecule has 1 heterocycles. The lowest BCUT2D eigenvalue weighted by Gasteiger charge is -2.31. The van der Waals surface area contributed by atoms with E-state index in [1.54, 1.807) is 13.0 Å². The van der Waals surface area contributed by atoms with Gasteiger partial charge in [0, 0.05) is 12.6 Å². The SMILES string of the molecule is Cc1ccc(C(=O)NC2CCC(C(F)(F)F)NC2)c(O)c1. The number of nitrogens with one attached hydrogen (secondary N) is 2. The molecule has 116 valence electrons. The number of hydrogen-bond acceptors (Lipinski definition) is 3. The number of carbonyl (C=O) groups is 1. The second-order valence-electron chi connectivity index (χ2n) is 5.27. The molecular formula is C14H17F3N2O2. The second kappa shape index (κ2) is 5.93. The van der Waals surface area contributed by atoms with Crippen LogP contribution >= 0.6 is 0 Å². The number of benzene rings is 1. The summed E-state index contributed by atoms with van der Waals surface area (Å²) in [6, 6.07) is 2.76. The van der Waals surface area contributed by atoms with Gasteiger partial charge in [-0.2, -0.15) is 13.2 Å². The van der Waals surface area contributed by atoms with Crippen LogP contribution in [0.2, 0.25) is 0 Å². The van der Waals surface area contributed by atoms with Crippen LogP contribution in [0.1, 0.15) is 28.8 Å². The van der Waals surface area contributed by atoms with Gasteiger partial charge in [-0.25, -0.2) is 0 Å². The summed E-state index contributed by atoms with van der Waals surface area (Å²) >= 11 is 0. The predicted octanol–water partition coefficient (Wildman–Crippen LogP) is 2.11. The third-order valence-corrected chi connectivity index (χ3v) is 3.54. The first-order valence-electron chi connectivity index (χ1n) is 6.68. The number of alkyl halides is 3. The van der Waals surface area contributed by atoms with E-state index in [1.165, 1.54) is 12.1 Å². The zero-order valence-electron chi connectivity index (χ0n) is 11.5. The average Bonchev–Trinajstić information content (AvgIpc) is 2.38. The minimum absolute atomic E-state index is 0.0581. The first-order valence-corrected chi connectivity index (χ1v) is 6.68. The van der Waals surface area contributed by atoms with Crippen molar-refractivity contribution in [3.63, 3.8) is 0 Å². The van der Waals surface area contributed by atoms with Gasteiger partial charge in [-0.1, -0.05) is 6.07 Å². The van der Waals surface area contributed by atoms with Crippen LogP contribution in [0.3, 0.4) is 0 Å². The van der Waals surface area contributed by atoms with E-state index in [9.17, 15) is 23.1 Å². The number of rotatable bonds is 2. The summed E-state index contributed by atoms with van der Waals surface area (Å²) in [4.78, 5) is 12.0. The molecule has 3 N–H and O–H groups in total. The van der Waals surface area contributed by atoms with Gasteiger partial charge in [-0.05, 0) is 37.5 Å². The standard InChI is InChI=1S/C14H17F3N2O2/c1-8-2-4-10(11(20)6-8)13(21)19-9-3-5-12(18-7-9)14(15,16)17/h2,4,6,9,12,18,20H,3,5,7H2,1H3,(H,19,21). The van der Waals surface area contributed by atoms with Crippen LogP contribution in [0.25, 0.3) is 0 Å². The van der Waals surface area contributed by atoms with Crippen molar-refractivity contribution in [3.8, 4) is 5.75 Å². The lowest BCUT2D eigenvalue weighted by atomic mass is 10.00. The smallest absolute Gasteiger partial charge is 0.403 e. The van der Waals surface area contributed by atoms with Gasteiger partial charge in [0.15, 0.2) is 0 Å². The third kappa shape index (κ3) is 3.87. The van der Waals surface area contributed by atoms with Crippen molar-refractivity contribution < 1.29 is 23.1 Å².